The predicted molar refractivity (Wildman–Crippen MR) is 91.4 cm³/mol. The van der Waals surface area contributed by atoms with Crippen LogP contribution < -0.4 is 9.64 Å². The van der Waals surface area contributed by atoms with Crippen LogP contribution in [-0.2, 0) is 0 Å². The molecule has 0 aliphatic rings. The molecule has 4 nitrogen and oxygen atoms in total. The van der Waals surface area contributed by atoms with Crippen LogP contribution in [0.25, 0.3) is 0 Å². The van der Waals surface area contributed by atoms with Gasteiger partial charge < -0.3 is 9.64 Å². The number of nitrogens with zero attached hydrogens (tertiary/aromatic N) is 1. The SMILES string of the molecule is CCCC(=O)c1ccc(F)cc1OC(=O)c1cccc(N(C)C)c1. The fraction of sp³-hybridized carbons (Fsp3) is 0.263. The predicted octanol–water partition coefficient (Wildman–Crippen LogP) is 4.09. The molecule has 0 spiro atoms. The van der Waals surface area contributed by atoms with Gasteiger partial charge in [-0.2, -0.15) is 0 Å². The minimum absolute atomic E-state index is 0.0475. The van der Waals surface area contributed by atoms with Crippen LogP contribution >= 0.6 is 0 Å². The quantitative estimate of drug-likeness (QED) is 0.455. The second-order valence-electron chi connectivity index (χ2n) is 5.65. The Morgan fingerprint density at radius 2 is 1.88 bits per heavy atom. The van der Waals surface area contributed by atoms with Crippen molar-refractivity contribution in [2.75, 3.05) is 19.0 Å². The lowest BCUT2D eigenvalue weighted by atomic mass is 10.1. The summed E-state index contributed by atoms with van der Waals surface area (Å²) in [7, 11) is 3.72. The number of Topliss-reactive ketones (excluding diaryl/α,β-unsaturated/α-hetero) is 1. The van der Waals surface area contributed by atoms with Crippen LogP contribution in [0.2, 0.25) is 0 Å². The second kappa shape index (κ2) is 7.73. The van der Waals surface area contributed by atoms with E-state index in [-0.39, 0.29) is 17.1 Å². The highest BCUT2D eigenvalue weighted by Crippen LogP contribution is 2.24. The molecule has 0 bridgehead atoms. The summed E-state index contributed by atoms with van der Waals surface area (Å²) in [5, 5.41) is 0. The Balaban J connectivity index is 2.30. The number of ether oxygens (including phenoxy) is 1. The second-order valence-corrected chi connectivity index (χ2v) is 5.65. The molecule has 2 aromatic carbocycles. The van der Waals surface area contributed by atoms with Crippen molar-refractivity contribution in [2.24, 2.45) is 0 Å². The third-order valence-electron chi connectivity index (χ3n) is 3.52. The average Bonchev–Trinajstić information content (AvgIpc) is 2.55. The lowest BCUT2D eigenvalue weighted by Crippen LogP contribution is -2.14. The normalized spacial score (nSPS) is 10.3. The van der Waals surface area contributed by atoms with Crippen LogP contribution in [0.15, 0.2) is 42.5 Å². The lowest BCUT2D eigenvalue weighted by molar-refractivity contribution is 0.0732. The van der Waals surface area contributed by atoms with Crippen LogP contribution in [0, 0.1) is 5.82 Å². The lowest BCUT2D eigenvalue weighted by Gasteiger charge is -2.14. The first kappa shape index (κ1) is 17.7. The number of anilines is 1. The topological polar surface area (TPSA) is 46.6 Å². The van der Waals surface area contributed by atoms with Crippen molar-refractivity contribution in [3.05, 3.63) is 59.4 Å². The molecule has 0 unspecified atom stereocenters. The zero-order chi connectivity index (χ0) is 17.7. The van der Waals surface area contributed by atoms with E-state index in [2.05, 4.69) is 0 Å². The van der Waals surface area contributed by atoms with Crippen molar-refractivity contribution < 1.29 is 18.7 Å². The summed E-state index contributed by atoms with van der Waals surface area (Å²) in [5.74, 6) is -1.42. The number of esters is 1. The van der Waals surface area contributed by atoms with Gasteiger partial charge in [-0.25, -0.2) is 9.18 Å². The first-order chi connectivity index (χ1) is 11.4. The fourth-order valence-electron chi connectivity index (χ4n) is 2.24. The van der Waals surface area contributed by atoms with Crippen molar-refractivity contribution in [3.8, 4) is 5.75 Å². The molecule has 0 saturated carbocycles. The molecule has 0 amide bonds. The van der Waals surface area contributed by atoms with Gasteiger partial charge in [0.25, 0.3) is 0 Å². The summed E-state index contributed by atoms with van der Waals surface area (Å²) >= 11 is 0. The summed E-state index contributed by atoms with van der Waals surface area (Å²) in [6.07, 6.45) is 0.973. The van der Waals surface area contributed by atoms with E-state index in [1.807, 2.05) is 32.0 Å². The van der Waals surface area contributed by atoms with Gasteiger partial charge in [-0.3, -0.25) is 4.79 Å². The van der Waals surface area contributed by atoms with E-state index < -0.39 is 11.8 Å². The van der Waals surface area contributed by atoms with Gasteiger partial charge in [0.05, 0.1) is 11.1 Å². The van der Waals surface area contributed by atoms with E-state index in [0.29, 0.717) is 18.4 Å². The van der Waals surface area contributed by atoms with Gasteiger partial charge in [-0.1, -0.05) is 13.0 Å². The van der Waals surface area contributed by atoms with Gasteiger partial charge in [0.1, 0.15) is 11.6 Å². The first-order valence-electron chi connectivity index (χ1n) is 7.74. The van der Waals surface area contributed by atoms with Crippen molar-refractivity contribution in [1.82, 2.24) is 0 Å². The molecule has 2 aromatic rings. The zero-order valence-corrected chi connectivity index (χ0v) is 14.0. The monoisotopic (exact) mass is 329 g/mol. The Bertz CT molecular complexity index is 756. The van der Waals surface area contributed by atoms with E-state index in [9.17, 15) is 14.0 Å². The van der Waals surface area contributed by atoms with Crippen LogP contribution in [0.1, 0.15) is 40.5 Å². The summed E-state index contributed by atoms with van der Waals surface area (Å²) < 4.78 is 18.8. The third kappa shape index (κ3) is 4.19. The van der Waals surface area contributed by atoms with Crippen molar-refractivity contribution in [2.45, 2.75) is 19.8 Å². The van der Waals surface area contributed by atoms with Crippen molar-refractivity contribution in [3.63, 3.8) is 0 Å². The first-order valence-corrected chi connectivity index (χ1v) is 7.74. The van der Waals surface area contributed by atoms with Gasteiger partial charge in [-0.15, -0.1) is 0 Å². The summed E-state index contributed by atoms with van der Waals surface area (Å²) in [6.45, 7) is 1.87. The molecule has 0 saturated heterocycles. The highest BCUT2D eigenvalue weighted by atomic mass is 19.1. The molecular formula is C19H20FNO3. The number of rotatable bonds is 6. The van der Waals surface area contributed by atoms with Gasteiger partial charge in [0.15, 0.2) is 5.78 Å². The molecule has 0 radical (unpaired) electrons. The standard InChI is InChI=1S/C19H20FNO3/c1-4-6-17(22)16-10-9-14(20)12-18(16)24-19(23)13-7-5-8-15(11-13)21(2)3/h5,7-12H,4,6H2,1-3H3. The Labute approximate surface area is 140 Å². The molecule has 2 rings (SSSR count). The van der Waals surface area contributed by atoms with E-state index in [4.69, 9.17) is 4.74 Å². The Hall–Kier alpha value is -2.69. The number of carbonyl (C=O) groups is 2. The fourth-order valence-corrected chi connectivity index (χ4v) is 2.24. The number of hydrogen-bond donors (Lipinski definition) is 0. The zero-order valence-electron chi connectivity index (χ0n) is 14.0. The van der Waals surface area contributed by atoms with E-state index in [0.717, 1.165) is 11.8 Å². The molecule has 5 heteroatoms. The maximum Gasteiger partial charge on any atom is 0.343 e. The molecule has 0 aliphatic heterocycles. The van der Waals surface area contributed by atoms with Crippen molar-refractivity contribution in [1.29, 1.82) is 0 Å². The number of ketones is 1. The minimum Gasteiger partial charge on any atom is -0.422 e. The van der Waals surface area contributed by atoms with E-state index >= 15 is 0 Å². The summed E-state index contributed by atoms with van der Waals surface area (Å²) in [5.41, 5.74) is 1.39. The van der Waals surface area contributed by atoms with Crippen LogP contribution in [0.5, 0.6) is 5.75 Å². The smallest absolute Gasteiger partial charge is 0.343 e. The molecular weight excluding hydrogens is 309 g/mol. The number of hydrogen-bond acceptors (Lipinski definition) is 4. The molecule has 0 N–H and O–H groups in total. The summed E-state index contributed by atoms with van der Waals surface area (Å²) in [6, 6.07) is 10.5. The Morgan fingerprint density at radius 1 is 1.12 bits per heavy atom. The van der Waals surface area contributed by atoms with Crippen molar-refractivity contribution >= 4 is 17.4 Å². The highest BCUT2D eigenvalue weighted by Gasteiger charge is 2.17. The molecule has 0 fully saturated rings. The van der Waals surface area contributed by atoms with E-state index in [1.54, 1.807) is 18.2 Å². The average molecular weight is 329 g/mol. The largest absolute Gasteiger partial charge is 0.422 e. The third-order valence-corrected chi connectivity index (χ3v) is 3.52. The van der Waals surface area contributed by atoms with Crippen LogP contribution in [0.4, 0.5) is 10.1 Å². The molecule has 0 aliphatic carbocycles. The maximum absolute atomic E-state index is 13.5. The highest BCUT2D eigenvalue weighted by molar-refractivity contribution is 6.00. The number of benzene rings is 2. The molecule has 0 atom stereocenters. The molecule has 0 heterocycles. The maximum atomic E-state index is 13.5. The van der Waals surface area contributed by atoms with Gasteiger partial charge in [0.2, 0.25) is 0 Å². The minimum atomic E-state index is -0.630. The Kier molecular flexibility index (Phi) is 5.68. The van der Waals surface area contributed by atoms with E-state index in [1.165, 1.54) is 12.1 Å². The number of halogens is 1. The van der Waals surface area contributed by atoms with Crippen LogP contribution in [0.3, 0.4) is 0 Å². The molecule has 0 aromatic heterocycles. The molecule has 24 heavy (non-hydrogen) atoms. The summed E-state index contributed by atoms with van der Waals surface area (Å²) in [4.78, 5) is 26.3. The number of carbonyl (C=O) groups excluding carboxylic acids is 2. The molecule has 126 valence electrons. The van der Waals surface area contributed by atoms with Gasteiger partial charge in [-0.05, 0) is 36.8 Å². The Morgan fingerprint density at radius 3 is 2.54 bits per heavy atom. The van der Waals surface area contributed by atoms with Gasteiger partial charge in [0, 0.05) is 32.3 Å². The van der Waals surface area contributed by atoms with Gasteiger partial charge >= 0.3 is 5.97 Å². The van der Waals surface area contributed by atoms with Crippen LogP contribution in [-0.4, -0.2) is 25.8 Å².